The molecule has 0 spiro atoms. The lowest BCUT2D eigenvalue weighted by atomic mass is 9.85. The number of fused-ring (bicyclic) bond motifs is 5. The second kappa shape index (κ2) is 10.4. The van der Waals surface area contributed by atoms with Gasteiger partial charge in [0.1, 0.15) is 11.2 Å². The van der Waals surface area contributed by atoms with E-state index in [-0.39, 0.29) is 28.8 Å². The minimum Gasteiger partial charge on any atom is -0.456 e. The largest absolute Gasteiger partial charge is 0.456 e. The van der Waals surface area contributed by atoms with E-state index in [0.717, 1.165) is 55.0 Å². The Kier molecular flexibility index (Phi) is 4.15. The zero-order chi connectivity index (χ0) is 37.6. The van der Waals surface area contributed by atoms with Crippen LogP contribution in [0.3, 0.4) is 0 Å². The van der Waals surface area contributed by atoms with Gasteiger partial charge in [-0.25, -0.2) is 0 Å². The van der Waals surface area contributed by atoms with E-state index >= 15 is 0 Å². The second-order valence-electron chi connectivity index (χ2n) is 10.9. The van der Waals surface area contributed by atoms with E-state index in [0.29, 0.717) is 16.3 Å². The van der Waals surface area contributed by atoms with Gasteiger partial charge in [-0.05, 0) is 84.3 Å². The molecule has 9 rings (SSSR count). The highest BCUT2D eigenvalue weighted by Crippen LogP contribution is 2.45. The zero-order valence-corrected chi connectivity index (χ0v) is 23.9. The molecule has 1 aromatic heterocycles. The van der Waals surface area contributed by atoms with Gasteiger partial charge in [0.15, 0.2) is 0 Å². The molecule has 8 aromatic carbocycles. The Hall–Kier alpha value is -5.92. The standard InChI is InChI=1S/C44H28O/c1-3-12-29(13-4-1)30-22-24-32(25-23-30)42-35-16-7-9-18-37(35)43(38-19-10-8-17-36(38)42)33-26-27-39-41(28-33)45-40-21-11-20-34(44(39)40)31-14-5-2-6-15-31/h1-28H/i1D,3D,4D,12D,13D,22D,23D,24D,25D. The molecule has 0 aliphatic rings. The van der Waals surface area contributed by atoms with E-state index in [9.17, 15) is 2.74 Å². The van der Waals surface area contributed by atoms with Crippen molar-refractivity contribution in [2.75, 3.05) is 0 Å². The van der Waals surface area contributed by atoms with Gasteiger partial charge in [-0.3, -0.25) is 0 Å². The van der Waals surface area contributed by atoms with Crippen molar-refractivity contribution in [1.29, 1.82) is 0 Å². The van der Waals surface area contributed by atoms with Crippen molar-refractivity contribution in [3.05, 3.63) is 170 Å². The molecule has 0 atom stereocenters. The van der Waals surface area contributed by atoms with Crippen LogP contribution in [0.2, 0.25) is 0 Å². The SMILES string of the molecule is [2H]c1c([2H])c([2H])c(-c2c([2H])c([2H])c(-c3c4ccccc4c(-c4ccc5c(c4)oc4cccc(-c6ccccc6)c45)c4ccccc34)c([2H])c2[2H])c([2H])c1[2H]. The summed E-state index contributed by atoms with van der Waals surface area (Å²) in [5.41, 5.74) is 5.36. The van der Waals surface area contributed by atoms with E-state index in [1.54, 1.807) is 0 Å². The van der Waals surface area contributed by atoms with E-state index in [2.05, 4.69) is 30.3 Å². The van der Waals surface area contributed by atoms with E-state index in [1.165, 1.54) is 0 Å². The fourth-order valence-corrected chi connectivity index (χ4v) is 6.49. The van der Waals surface area contributed by atoms with Gasteiger partial charge in [-0.1, -0.05) is 151 Å². The lowest BCUT2D eigenvalue weighted by Crippen LogP contribution is -1.91. The molecule has 45 heavy (non-hydrogen) atoms. The summed E-state index contributed by atoms with van der Waals surface area (Å²) in [5.74, 6) is 0. The Morgan fingerprint density at radius 3 is 1.62 bits per heavy atom. The summed E-state index contributed by atoms with van der Waals surface area (Å²) < 4.78 is 84.6. The Bertz CT molecular complexity index is 2930. The maximum atomic E-state index is 9.29. The van der Waals surface area contributed by atoms with Crippen molar-refractivity contribution in [1.82, 2.24) is 0 Å². The van der Waals surface area contributed by atoms with Gasteiger partial charge >= 0.3 is 0 Å². The van der Waals surface area contributed by atoms with Gasteiger partial charge in [0.05, 0.1) is 12.3 Å². The lowest BCUT2D eigenvalue weighted by molar-refractivity contribution is 0.669. The van der Waals surface area contributed by atoms with Crippen LogP contribution in [-0.4, -0.2) is 0 Å². The van der Waals surface area contributed by atoms with Gasteiger partial charge < -0.3 is 4.42 Å². The monoisotopic (exact) mass is 581 g/mol. The molecule has 1 nitrogen and oxygen atoms in total. The van der Waals surface area contributed by atoms with Gasteiger partial charge in [0, 0.05) is 10.8 Å². The molecular weight excluding hydrogens is 544 g/mol. The van der Waals surface area contributed by atoms with Crippen molar-refractivity contribution < 1.29 is 16.8 Å². The summed E-state index contributed by atoms with van der Waals surface area (Å²) in [7, 11) is 0. The molecule has 0 aliphatic heterocycles. The molecule has 0 aliphatic carbocycles. The van der Waals surface area contributed by atoms with E-state index in [4.69, 9.17) is 14.0 Å². The van der Waals surface area contributed by atoms with Crippen LogP contribution in [-0.2, 0) is 0 Å². The summed E-state index contributed by atoms with van der Waals surface area (Å²) in [6, 6.07) is 33.1. The summed E-state index contributed by atoms with van der Waals surface area (Å²) >= 11 is 0. The number of hydrogen-bond donors (Lipinski definition) is 0. The Morgan fingerprint density at radius 1 is 0.378 bits per heavy atom. The van der Waals surface area contributed by atoms with Crippen LogP contribution in [0.1, 0.15) is 12.3 Å². The molecular formula is C44H28O. The van der Waals surface area contributed by atoms with Crippen LogP contribution in [0, 0.1) is 0 Å². The fourth-order valence-electron chi connectivity index (χ4n) is 6.49. The lowest BCUT2D eigenvalue weighted by Gasteiger charge is -2.18. The number of benzene rings is 8. The van der Waals surface area contributed by atoms with Crippen molar-refractivity contribution in [3.63, 3.8) is 0 Å². The Balaban J connectivity index is 1.31. The summed E-state index contributed by atoms with van der Waals surface area (Å²) in [5, 5.41) is 5.10. The molecule has 0 amide bonds. The van der Waals surface area contributed by atoms with Crippen LogP contribution < -0.4 is 0 Å². The minimum absolute atomic E-state index is 0.0567. The van der Waals surface area contributed by atoms with Crippen molar-refractivity contribution in [3.8, 4) is 44.5 Å². The summed E-state index contributed by atoms with van der Waals surface area (Å²) in [6.07, 6.45) is 0. The highest BCUT2D eigenvalue weighted by Gasteiger charge is 2.18. The van der Waals surface area contributed by atoms with Gasteiger partial charge in [-0.15, -0.1) is 0 Å². The second-order valence-corrected chi connectivity index (χ2v) is 10.9. The van der Waals surface area contributed by atoms with Crippen LogP contribution in [0.5, 0.6) is 0 Å². The van der Waals surface area contributed by atoms with Crippen molar-refractivity contribution in [2.45, 2.75) is 0 Å². The van der Waals surface area contributed by atoms with E-state index < -0.39 is 42.3 Å². The van der Waals surface area contributed by atoms with Gasteiger partial charge in [-0.2, -0.15) is 0 Å². The molecule has 0 radical (unpaired) electrons. The third kappa shape index (κ3) is 4.17. The first-order chi connectivity index (χ1) is 26.1. The maximum Gasteiger partial charge on any atom is 0.136 e. The number of hydrogen-bond acceptors (Lipinski definition) is 1. The van der Waals surface area contributed by atoms with Crippen LogP contribution >= 0.6 is 0 Å². The molecule has 0 saturated heterocycles. The molecule has 0 unspecified atom stereocenters. The first-order valence-electron chi connectivity index (χ1n) is 19.2. The number of furan rings is 1. The number of rotatable bonds is 4. The Labute approximate surface area is 274 Å². The third-order valence-corrected chi connectivity index (χ3v) is 8.43. The highest BCUT2D eigenvalue weighted by atomic mass is 16.3. The van der Waals surface area contributed by atoms with Crippen molar-refractivity contribution >= 4 is 43.5 Å². The molecule has 0 fully saturated rings. The van der Waals surface area contributed by atoms with Crippen molar-refractivity contribution in [2.24, 2.45) is 0 Å². The van der Waals surface area contributed by atoms with Gasteiger partial charge in [0.2, 0.25) is 0 Å². The molecule has 0 bridgehead atoms. The predicted octanol–water partition coefficient (Wildman–Crippen LogP) is 12.6. The van der Waals surface area contributed by atoms with Crippen LogP contribution in [0.25, 0.3) is 88.0 Å². The average Bonchev–Trinajstić information content (AvgIpc) is 3.58. The summed E-state index contributed by atoms with van der Waals surface area (Å²) in [6.45, 7) is 0. The minimum atomic E-state index is -0.614. The molecule has 0 N–H and O–H groups in total. The van der Waals surface area contributed by atoms with Crippen LogP contribution in [0.15, 0.2) is 174 Å². The zero-order valence-electron chi connectivity index (χ0n) is 32.9. The first kappa shape index (κ1) is 18.0. The topological polar surface area (TPSA) is 13.1 Å². The third-order valence-electron chi connectivity index (χ3n) is 8.43. The Morgan fingerprint density at radius 2 is 0.956 bits per heavy atom. The molecule has 0 saturated carbocycles. The molecule has 210 valence electrons. The normalized spacial score (nSPS) is 14.4. The molecule has 1 heterocycles. The van der Waals surface area contributed by atoms with Crippen LogP contribution in [0.4, 0.5) is 0 Å². The quantitative estimate of drug-likeness (QED) is 0.188. The highest BCUT2D eigenvalue weighted by molar-refractivity contribution is 6.22. The molecule has 1 heteroatoms. The average molecular weight is 582 g/mol. The summed E-state index contributed by atoms with van der Waals surface area (Å²) in [4.78, 5) is 0. The maximum absolute atomic E-state index is 9.29. The smallest absolute Gasteiger partial charge is 0.136 e. The first-order valence-corrected chi connectivity index (χ1v) is 14.7. The molecule has 9 aromatic rings. The predicted molar refractivity (Wildman–Crippen MR) is 190 cm³/mol. The fraction of sp³-hybridized carbons (Fsp3) is 0. The van der Waals surface area contributed by atoms with Gasteiger partial charge in [0.25, 0.3) is 0 Å². The van der Waals surface area contributed by atoms with E-state index in [1.807, 2.05) is 84.9 Å².